The molecule has 0 aliphatic carbocycles. The second kappa shape index (κ2) is 7.11. The summed E-state index contributed by atoms with van der Waals surface area (Å²) >= 11 is 1.94. The molecule has 0 radical (unpaired) electrons. The number of aromatic hydroxyl groups is 1. The zero-order valence-corrected chi connectivity index (χ0v) is 14.3. The van der Waals surface area contributed by atoms with E-state index < -0.39 is 0 Å². The molecule has 1 atom stereocenters. The summed E-state index contributed by atoms with van der Waals surface area (Å²) in [5, 5.41) is 13.0. The number of hydrogen-bond acceptors (Lipinski definition) is 5. The molecule has 1 amide bonds. The fraction of sp³-hybridized carbons (Fsp3) is 0.588. The summed E-state index contributed by atoms with van der Waals surface area (Å²) in [6.45, 7) is 5.90. The maximum atomic E-state index is 12.5. The van der Waals surface area contributed by atoms with E-state index in [2.05, 4.69) is 10.2 Å². The minimum atomic E-state index is -0.198. The van der Waals surface area contributed by atoms with Gasteiger partial charge in [-0.05, 0) is 31.2 Å². The zero-order valence-electron chi connectivity index (χ0n) is 13.5. The summed E-state index contributed by atoms with van der Waals surface area (Å²) in [6, 6.07) is 5.11. The highest BCUT2D eigenvalue weighted by Crippen LogP contribution is 2.33. The summed E-state index contributed by atoms with van der Waals surface area (Å²) in [5.74, 6) is 2.00. The predicted molar refractivity (Wildman–Crippen MR) is 92.2 cm³/mol. The van der Waals surface area contributed by atoms with E-state index >= 15 is 0 Å². The molecule has 2 aliphatic heterocycles. The van der Waals surface area contributed by atoms with Crippen LogP contribution >= 0.6 is 11.8 Å². The fourth-order valence-corrected chi connectivity index (χ4v) is 4.78. The molecule has 23 heavy (non-hydrogen) atoms. The van der Waals surface area contributed by atoms with Gasteiger partial charge in [0.2, 0.25) is 0 Å². The molecule has 2 aliphatic rings. The van der Waals surface area contributed by atoms with E-state index in [9.17, 15) is 9.90 Å². The van der Waals surface area contributed by atoms with Gasteiger partial charge in [-0.15, -0.1) is 0 Å². The van der Waals surface area contributed by atoms with Crippen molar-refractivity contribution in [3.8, 4) is 5.75 Å². The number of amides is 1. The number of nitrogens with zero attached hydrogens (tertiary/aromatic N) is 1. The van der Waals surface area contributed by atoms with Crippen molar-refractivity contribution in [1.82, 2.24) is 10.2 Å². The van der Waals surface area contributed by atoms with Crippen LogP contribution in [-0.2, 0) is 4.74 Å². The fourth-order valence-electron chi connectivity index (χ4n) is 3.31. The SMILES string of the molecule is Cc1ccc(O)c(C(=O)NC[C@@]2(N3CCOCC3)CCSC2)c1. The van der Waals surface area contributed by atoms with E-state index in [-0.39, 0.29) is 17.2 Å². The topological polar surface area (TPSA) is 61.8 Å². The van der Waals surface area contributed by atoms with Crippen LogP contribution in [0.4, 0.5) is 0 Å². The Kier molecular flexibility index (Phi) is 5.14. The number of thioether (sulfide) groups is 1. The monoisotopic (exact) mass is 336 g/mol. The van der Waals surface area contributed by atoms with Crippen LogP contribution in [0, 0.1) is 6.92 Å². The quantitative estimate of drug-likeness (QED) is 0.875. The summed E-state index contributed by atoms with van der Waals surface area (Å²) in [5.41, 5.74) is 1.34. The maximum Gasteiger partial charge on any atom is 0.255 e. The van der Waals surface area contributed by atoms with Gasteiger partial charge in [0.1, 0.15) is 5.75 Å². The summed E-state index contributed by atoms with van der Waals surface area (Å²) in [4.78, 5) is 14.9. The molecular weight excluding hydrogens is 312 g/mol. The molecule has 6 heteroatoms. The van der Waals surface area contributed by atoms with Gasteiger partial charge in [0, 0.05) is 30.9 Å². The van der Waals surface area contributed by atoms with E-state index in [0.29, 0.717) is 12.1 Å². The van der Waals surface area contributed by atoms with Crippen LogP contribution in [0.3, 0.4) is 0 Å². The van der Waals surface area contributed by atoms with Crippen molar-refractivity contribution in [1.29, 1.82) is 0 Å². The van der Waals surface area contributed by atoms with Crippen LogP contribution < -0.4 is 5.32 Å². The number of aryl methyl sites for hydroxylation is 1. The molecule has 0 aromatic heterocycles. The molecule has 0 spiro atoms. The standard InChI is InChI=1S/C17H24N2O3S/c1-13-2-3-15(20)14(10-13)16(21)18-11-17(4-9-23-12-17)19-5-7-22-8-6-19/h2-3,10,20H,4-9,11-12H2,1H3,(H,18,21)/t17-/m0/s1. The zero-order chi connectivity index (χ0) is 16.3. The van der Waals surface area contributed by atoms with Gasteiger partial charge in [0.15, 0.2) is 0 Å². The van der Waals surface area contributed by atoms with E-state index in [4.69, 9.17) is 4.74 Å². The minimum Gasteiger partial charge on any atom is -0.507 e. The number of carbonyl (C=O) groups excluding carboxylic acids is 1. The van der Waals surface area contributed by atoms with Crippen molar-refractivity contribution in [2.24, 2.45) is 0 Å². The average Bonchev–Trinajstić information content (AvgIpc) is 3.06. The average molecular weight is 336 g/mol. The summed E-state index contributed by atoms with van der Waals surface area (Å²) < 4.78 is 5.46. The molecule has 3 rings (SSSR count). The Balaban J connectivity index is 1.69. The normalized spacial score (nSPS) is 25.4. The predicted octanol–water partition coefficient (Wildman–Crippen LogP) is 1.64. The van der Waals surface area contributed by atoms with Crippen LogP contribution in [0.1, 0.15) is 22.3 Å². The number of morpholine rings is 1. The Bertz CT molecular complexity index is 567. The molecule has 2 N–H and O–H groups in total. The minimum absolute atomic E-state index is 0.0174. The highest BCUT2D eigenvalue weighted by Gasteiger charge is 2.40. The van der Waals surface area contributed by atoms with E-state index in [1.807, 2.05) is 18.7 Å². The van der Waals surface area contributed by atoms with Crippen molar-refractivity contribution in [2.45, 2.75) is 18.9 Å². The first-order valence-electron chi connectivity index (χ1n) is 8.09. The molecule has 1 aromatic rings. The smallest absolute Gasteiger partial charge is 0.255 e. The number of phenols is 1. The van der Waals surface area contributed by atoms with Crippen LogP contribution in [0.2, 0.25) is 0 Å². The number of benzene rings is 1. The summed E-state index contributed by atoms with van der Waals surface area (Å²) in [6.07, 6.45) is 1.08. The molecule has 0 unspecified atom stereocenters. The Morgan fingerprint density at radius 1 is 1.43 bits per heavy atom. The first-order valence-corrected chi connectivity index (χ1v) is 9.25. The van der Waals surface area contributed by atoms with E-state index in [1.165, 1.54) is 0 Å². The lowest BCUT2D eigenvalue weighted by molar-refractivity contribution is -0.0129. The third-order valence-corrected chi connectivity index (χ3v) is 5.97. The Morgan fingerprint density at radius 3 is 2.91 bits per heavy atom. The molecule has 2 saturated heterocycles. The number of rotatable bonds is 4. The molecule has 2 heterocycles. The lowest BCUT2D eigenvalue weighted by Gasteiger charge is -2.43. The lowest BCUT2D eigenvalue weighted by atomic mass is 9.95. The van der Waals surface area contributed by atoms with Crippen LogP contribution in [-0.4, -0.2) is 65.8 Å². The van der Waals surface area contributed by atoms with Gasteiger partial charge >= 0.3 is 0 Å². The largest absolute Gasteiger partial charge is 0.507 e. The molecule has 2 fully saturated rings. The number of ether oxygens (including phenoxy) is 1. The third kappa shape index (κ3) is 3.65. The van der Waals surface area contributed by atoms with E-state index in [0.717, 1.165) is 49.8 Å². The van der Waals surface area contributed by atoms with Crippen molar-refractivity contribution < 1.29 is 14.6 Å². The van der Waals surface area contributed by atoms with Crippen LogP contribution in [0.15, 0.2) is 18.2 Å². The van der Waals surface area contributed by atoms with Gasteiger partial charge in [0.05, 0.1) is 18.8 Å². The number of carbonyl (C=O) groups is 1. The van der Waals surface area contributed by atoms with Gasteiger partial charge in [-0.2, -0.15) is 11.8 Å². The first kappa shape index (κ1) is 16.6. The molecule has 126 valence electrons. The molecule has 0 bridgehead atoms. The van der Waals surface area contributed by atoms with Gasteiger partial charge in [-0.25, -0.2) is 0 Å². The van der Waals surface area contributed by atoms with Crippen molar-refractivity contribution in [3.63, 3.8) is 0 Å². The molecule has 1 aromatic carbocycles. The van der Waals surface area contributed by atoms with Crippen LogP contribution in [0.5, 0.6) is 5.75 Å². The van der Waals surface area contributed by atoms with Gasteiger partial charge in [0.25, 0.3) is 5.91 Å². The van der Waals surface area contributed by atoms with Crippen molar-refractivity contribution in [3.05, 3.63) is 29.3 Å². The number of phenolic OH excluding ortho intramolecular Hbond substituents is 1. The van der Waals surface area contributed by atoms with Gasteiger partial charge < -0.3 is 15.2 Å². The van der Waals surface area contributed by atoms with Gasteiger partial charge in [-0.3, -0.25) is 9.69 Å². The molecular formula is C17H24N2O3S. The first-order chi connectivity index (χ1) is 11.1. The molecule has 0 saturated carbocycles. The van der Waals surface area contributed by atoms with Crippen LogP contribution in [0.25, 0.3) is 0 Å². The van der Waals surface area contributed by atoms with E-state index in [1.54, 1.807) is 18.2 Å². The second-order valence-electron chi connectivity index (χ2n) is 6.33. The van der Waals surface area contributed by atoms with Crippen molar-refractivity contribution in [2.75, 3.05) is 44.4 Å². The summed E-state index contributed by atoms with van der Waals surface area (Å²) in [7, 11) is 0. The third-order valence-electron chi connectivity index (χ3n) is 4.74. The Hall–Kier alpha value is -1.24. The Labute approximate surface area is 141 Å². The second-order valence-corrected chi connectivity index (χ2v) is 7.43. The Morgan fingerprint density at radius 2 is 2.22 bits per heavy atom. The highest BCUT2D eigenvalue weighted by atomic mass is 32.2. The lowest BCUT2D eigenvalue weighted by Crippen LogP contribution is -2.59. The highest BCUT2D eigenvalue weighted by molar-refractivity contribution is 7.99. The number of nitrogens with one attached hydrogen (secondary N) is 1. The van der Waals surface area contributed by atoms with Crippen molar-refractivity contribution >= 4 is 17.7 Å². The number of hydrogen-bond donors (Lipinski definition) is 2. The maximum absolute atomic E-state index is 12.5. The molecule has 5 nitrogen and oxygen atoms in total. The van der Waals surface area contributed by atoms with Gasteiger partial charge in [-0.1, -0.05) is 11.6 Å².